The first kappa shape index (κ1) is 60.4. The lowest BCUT2D eigenvalue weighted by molar-refractivity contribution is -0.167. The maximum absolute atomic E-state index is 12.8. The van der Waals surface area contributed by atoms with Gasteiger partial charge in [0.2, 0.25) is 0 Å². The minimum atomic E-state index is -0.761. The lowest BCUT2D eigenvalue weighted by Crippen LogP contribution is -2.30. The highest BCUT2D eigenvalue weighted by Crippen LogP contribution is 2.18. The Morgan fingerprint density at radius 2 is 0.532 bits per heavy atom. The number of hydrogen-bond acceptors (Lipinski definition) is 6. The largest absolute Gasteiger partial charge is 0.462 e. The van der Waals surface area contributed by atoms with Crippen molar-refractivity contribution in [3.8, 4) is 0 Å². The van der Waals surface area contributed by atoms with E-state index >= 15 is 0 Å². The third-order valence-electron chi connectivity index (χ3n) is 12.8. The van der Waals surface area contributed by atoms with Gasteiger partial charge in [0.1, 0.15) is 13.2 Å². The molecule has 0 spiro atoms. The van der Waals surface area contributed by atoms with Crippen molar-refractivity contribution in [3.05, 3.63) is 0 Å². The predicted octanol–water partition coefficient (Wildman–Crippen LogP) is 18.2. The summed E-state index contributed by atoms with van der Waals surface area (Å²) in [6, 6.07) is 0. The molecule has 6 nitrogen and oxygen atoms in total. The fourth-order valence-corrected chi connectivity index (χ4v) is 8.57. The summed E-state index contributed by atoms with van der Waals surface area (Å²) in [4.78, 5) is 38.0. The standard InChI is InChI=1S/C56H108O6/c1-5-7-9-11-13-15-17-19-21-22-24-25-27-31-35-39-43-47-54(57)60-50-53(51-61-55(58)48-44-40-36-33-29-30-34-38-42-46-52(3)4)62-56(59)49-45-41-37-32-28-26-23-20-18-16-14-12-10-8-6-2/h52-53H,5-51H2,1-4H3/t53-/m0/s1. The number of carbonyl (C=O) groups is 3. The van der Waals surface area contributed by atoms with Crippen LogP contribution >= 0.6 is 0 Å². The second kappa shape index (κ2) is 50.4. The van der Waals surface area contributed by atoms with Crippen molar-refractivity contribution in [2.24, 2.45) is 5.92 Å². The first-order valence-corrected chi connectivity index (χ1v) is 27.9. The summed E-state index contributed by atoms with van der Waals surface area (Å²) in [7, 11) is 0. The fourth-order valence-electron chi connectivity index (χ4n) is 8.57. The number of esters is 3. The Bertz CT molecular complexity index is 933. The summed E-state index contributed by atoms with van der Waals surface area (Å²) >= 11 is 0. The van der Waals surface area contributed by atoms with Crippen molar-refractivity contribution in [2.75, 3.05) is 13.2 Å². The van der Waals surface area contributed by atoms with Gasteiger partial charge in [0.15, 0.2) is 6.10 Å². The minimum Gasteiger partial charge on any atom is -0.462 e. The highest BCUT2D eigenvalue weighted by Gasteiger charge is 2.19. The highest BCUT2D eigenvalue weighted by atomic mass is 16.6. The van der Waals surface area contributed by atoms with Crippen molar-refractivity contribution in [1.82, 2.24) is 0 Å². The first-order valence-electron chi connectivity index (χ1n) is 27.9. The molecule has 0 unspecified atom stereocenters. The molecule has 0 saturated heterocycles. The van der Waals surface area contributed by atoms with E-state index in [9.17, 15) is 14.4 Å². The van der Waals surface area contributed by atoms with Gasteiger partial charge in [0.25, 0.3) is 0 Å². The van der Waals surface area contributed by atoms with Crippen LogP contribution in [0.4, 0.5) is 0 Å². The molecule has 0 aliphatic carbocycles. The van der Waals surface area contributed by atoms with Crippen LogP contribution in [0.1, 0.15) is 317 Å². The molecule has 0 rings (SSSR count). The Morgan fingerprint density at radius 1 is 0.306 bits per heavy atom. The van der Waals surface area contributed by atoms with Crippen LogP contribution in [0.15, 0.2) is 0 Å². The molecule has 0 heterocycles. The van der Waals surface area contributed by atoms with E-state index < -0.39 is 6.10 Å². The van der Waals surface area contributed by atoms with Crippen LogP contribution in [0.5, 0.6) is 0 Å². The lowest BCUT2D eigenvalue weighted by atomic mass is 10.0. The van der Waals surface area contributed by atoms with E-state index in [1.807, 2.05) is 0 Å². The van der Waals surface area contributed by atoms with Gasteiger partial charge in [-0.1, -0.05) is 278 Å². The van der Waals surface area contributed by atoms with Gasteiger partial charge in [-0.15, -0.1) is 0 Å². The number of hydrogen-bond donors (Lipinski definition) is 0. The average molecular weight is 877 g/mol. The van der Waals surface area contributed by atoms with E-state index in [2.05, 4.69) is 27.7 Å². The molecule has 0 aromatic heterocycles. The van der Waals surface area contributed by atoms with Crippen LogP contribution < -0.4 is 0 Å². The molecular formula is C56H108O6. The monoisotopic (exact) mass is 877 g/mol. The van der Waals surface area contributed by atoms with Crippen molar-refractivity contribution >= 4 is 17.9 Å². The van der Waals surface area contributed by atoms with Gasteiger partial charge in [0, 0.05) is 19.3 Å². The molecule has 0 amide bonds. The molecule has 0 saturated carbocycles. The van der Waals surface area contributed by atoms with E-state index in [4.69, 9.17) is 14.2 Å². The topological polar surface area (TPSA) is 78.9 Å². The summed E-state index contributed by atoms with van der Waals surface area (Å²) in [5.74, 6) is -0.0310. The highest BCUT2D eigenvalue weighted by molar-refractivity contribution is 5.71. The van der Waals surface area contributed by atoms with E-state index in [0.717, 1.165) is 63.7 Å². The van der Waals surface area contributed by atoms with Crippen molar-refractivity contribution in [2.45, 2.75) is 323 Å². The summed E-state index contributed by atoms with van der Waals surface area (Å²) in [5, 5.41) is 0. The van der Waals surface area contributed by atoms with Crippen LogP contribution in [-0.2, 0) is 28.6 Å². The molecule has 0 aliphatic rings. The number of unbranched alkanes of at least 4 members (excludes halogenated alkanes) is 38. The number of carbonyl (C=O) groups excluding carboxylic acids is 3. The van der Waals surface area contributed by atoms with Crippen molar-refractivity contribution in [1.29, 1.82) is 0 Å². The molecule has 62 heavy (non-hydrogen) atoms. The van der Waals surface area contributed by atoms with Gasteiger partial charge in [0.05, 0.1) is 0 Å². The summed E-state index contributed by atoms with van der Waals surface area (Å²) in [5.41, 5.74) is 0. The second-order valence-corrected chi connectivity index (χ2v) is 19.7. The SMILES string of the molecule is CCCCCCCCCCCCCCCCCCCC(=O)OC[C@@H](COC(=O)CCCCCCCCCCCC(C)C)OC(=O)CCCCCCCCCCCCCCCCC. The smallest absolute Gasteiger partial charge is 0.306 e. The van der Waals surface area contributed by atoms with Crippen LogP contribution in [0.2, 0.25) is 0 Å². The van der Waals surface area contributed by atoms with Gasteiger partial charge in [-0.2, -0.15) is 0 Å². The molecule has 0 bridgehead atoms. The Kier molecular flexibility index (Phi) is 49.1. The molecule has 368 valence electrons. The Morgan fingerprint density at radius 3 is 0.790 bits per heavy atom. The van der Waals surface area contributed by atoms with Crippen LogP contribution in [0.3, 0.4) is 0 Å². The van der Waals surface area contributed by atoms with Gasteiger partial charge >= 0.3 is 17.9 Å². The van der Waals surface area contributed by atoms with Gasteiger partial charge in [-0.3, -0.25) is 14.4 Å². The van der Waals surface area contributed by atoms with E-state index in [0.29, 0.717) is 19.3 Å². The van der Waals surface area contributed by atoms with Gasteiger partial charge in [-0.05, 0) is 25.2 Å². The van der Waals surface area contributed by atoms with E-state index in [1.54, 1.807) is 0 Å². The molecule has 0 fully saturated rings. The first-order chi connectivity index (χ1) is 30.4. The Hall–Kier alpha value is -1.59. The molecule has 0 aliphatic heterocycles. The van der Waals surface area contributed by atoms with Crippen LogP contribution in [0, 0.1) is 5.92 Å². The van der Waals surface area contributed by atoms with Gasteiger partial charge in [-0.25, -0.2) is 0 Å². The second-order valence-electron chi connectivity index (χ2n) is 19.7. The van der Waals surface area contributed by atoms with Crippen LogP contribution in [0.25, 0.3) is 0 Å². The normalized spacial score (nSPS) is 12.0. The third kappa shape index (κ3) is 49.4. The maximum atomic E-state index is 12.8. The molecule has 6 heteroatoms. The fraction of sp³-hybridized carbons (Fsp3) is 0.946. The Labute approximate surface area is 387 Å². The van der Waals surface area contributed by atoms with Crippen molar-refractivity contribution < 1.29 is 28.6 Å². The predicted molar refractivity (Wildman–Crippen MR) is 266 cm³/mol. The zero-order chi connectivity index (χ0) is 45.2. The average Bonchev–Trinajstić information content (AvgIpc) is 3.26. The van der Waals surface area contributed by atoms with E-state index in [1.165, 1.54) is 212 Å². The molecule has 1 atom stereocenters. The molecule has 0 aromatic rings. The van der Waals surface area contributed by atoms with E-state index in [-0.39, 0.29) is 31.1 Å². The number of rotatable bonds is 51. The van der Waals surface area contributed by atoms with Crippen molar-refractivity contribution in [3.63, 3.8) is 0 Å². The molecule has 0 aromatic carbocycles. The summed E-state index contributed by atoms with van der Waals surface area (Å²) < 4.78 is 16.9. The lowest BCUT2D eigenvalue weighted by Gasteiger charge is -2.18. The quantitative estimate of drug-likeness (QED) is 0.0344. The Balaban J connectivity index is 4.28. The van der Waals surface area contributed by atoms with Gasteiger partial charge < -0.3 is 14.2 Å². The molecule has 0 radical (unpaired) electrons. The maximum Gasteiger partial charge on any atom is 0.306 e. The zero-order valence-corrected chi connectivity index (χ0v) is 42.3. The summed E-state index contributed by atoms with van der Waals surface area (Å²) in [6.45, 7) is 9.03. The molecular weight excluding hydrogens is 769 g/mol. The molecule has 0 N–H and O–H groups in total. The number of ether oxygens (including phenoxy) is 3. The summed E-state index contributed by atoms with van der Waals surface area (Å²) in [6.07, 6.45) is 53.8. The van der Waals surface area contributed by atoms with Crippen LogP contribution in [-0.4, -0.2) is 37.2 Å². The minimum absolute atomic E-state index is 0.0624. The third-order valence-corrected chi connectivity index (χ3v) is 12.8. The zero-order valence-electron chi connectivity index (χ0n) is 42.3.